The molecule has 0 aliphatic carbocycles. The molecule has 0 bridgehead atoms. The van der Waals surface area contributed by atoms with Gasteiger partial charge in [0.15, 0.2) is 0 Å². The molecule has 0 aliphatic heterocycles. The molecule has 0 amide bonds. The third kappa shape index (κ3) is 5.00. The van der Waals surface area contributed by atoms with Crippen LogP contribution in [0.25, 0.3) is 118 Å². The zero-order valence-corrected chi connectivity index (χ0v) is 32.8. The van der Waals surface area contributed by atoms with E-state index >= 15 is 0 Å². The Bertz CT molecular complexity index is 3460. The zero-order valence-electron chi connectivity index (χ0n) is 31.0. The van der Waals surface area contributed by atoms with Gasteiger partial charge in [-0.05, 0) is 0 Å². The van der Waals surface area contributed by atoms with Gasteiger partial charge in [-0.1, -0.05) is 0 Å². The van der Waals surface area contributed by atoms with Crippen LogP contribution < -0.4 is 0 Å². The fraction of sp³-hybridized carbons (Fsp3) is 0. The second kappa shape index (κ2) is 12.9. The maximum absolute atomic E-state index is 2.51. The number of hydrogen-bond donors (Lipinski definition) is 0. The van der Waals surface area contributed by atoms with Gasteiger partial charge in [0, 0.05) is 0 Å². The van der Waals surface area contributed by atoms with Crippen LogP contribution in [-0.2, 0) is 0 Å². The van der Waals surface area contributed by atoms with Crippen molar-refractivity contribution in [2.24, 2.45) is 0 Å². The molecule has 0 spiro atoms. The fourth-order valence-electron chi connectivity index (χ4n) is 9.58. The van der Waals surface area contributed by atoms with E-state index in [0.29, 0.717) is 0 Å². The Kier molecular flexibility index (Phi) is 7.35. The molecule has 1 aromatic heterocycles. The van der Waals surface area contributed by atoms with Crippen LogP contribution in [0.1, 0.15) is 0 Å². The molecule has 0 aliphatic rings. The average molecular weight is 786 g/mol. The van der Waals surface area contributed by atoms with Gasteiger partial charge >= 0.3 is 338 Å². The van der Waals surface area contributed by atoms with Crippen molar-refractivity contribution in [1.82, 2.24) is 0 Å². The van der Waals surface area contributed by atoms with E-state index in [4.69, 9.17) is 0 Å². The molecule has 0 fully saturated rings. The van der Waals surface area contributed by atoms with Crippen molar-refractivity contribution in [3.05, 3.63) is 206 Å². The third-order valence-electron chi connectivity index (χ3n) is 12.0. The number of benzene rings is 11. The summed E-state index contributed by atoms with van der Waals surface area (Å²) in [6, 6.07) is 76.8. The number of hydrogen-bond acceptors (Lipinski definition) is 0. The van der Waals surface area contributed by atoms with Crippen molar-refractivity contribution in [3.8, 4) is 44.5 Å². The van der Waals surface area contributed by atoms with E-state index in [2.05, 4.69) is 206 Å². The summed E-state index contributed by atoms with van der Waals surface area (Å²) in [5, 5.41) is 15.6. The van der Waals surface area contributed by atoms with Crippen LogP contribution in [0.3, 0.4) is 0 Å². The summed E-state index contributed by atoms with van der Waals surface area (Å²) in [6.45, 7) is 0. The van der Waals surface area contributed by atoms with E-state index in [0.717, 1.165) is 0 Å². The van der Waals surface area contributed by atoms with Crippen molar-refractivity contribution >= 4 is 87.7 Å². The number of rotatable bonds is 4. The third-order valence-corrected chi connectivity index (χ3v) is 14.5. The minimum absolute atomic E-state index is 0.117. The van der Waals surface area contributed by atoms with Gasteiger partial charge in [-0.25, -0.2) is 0 Å². The fourth-order valence-corrected chi connectivity index (χ4v) is 12.2. The quantitative estimate of drug-likeness (QED) is 0.123. The summed E-state index contributed by atoms with van der Waals surface area (Å²) in [4.78, 5) is 0. The van der Waals surface area contributed by atoms with Gasteiger partial charge in [-0.15, -0.1) is 0 Å². The molecule has 11 aromatic carbocycles. The molecule has 0 nitrogen and oxygen atoms in total. The van der Waals surface area contributed by atoms with Crippen molar-refractivity contribution in [2.45, 2.75) is 0 Å². The van der Waals surface area contributed by atoms with Gasteiger partial charge in [0.25, 0.3) is 0 Å². The van der Waals surface area contributed by atoms with Crippen LogP contribution in [-0.4, -0.2) is 14.5 Å². The summed E-state index contributed by atoms with van der Waals surface area (Å²) >= 11 is 0.117. The predicted octanol–water partition coefficient (Wildman–Crippen LogP) is 15.5. The van der Waals surface area contributed by atoms with Crippen LogP contribution >= 0.6 is 0 Å². The van der Waals surface area contributed by atoms with Gasteiger partial charge in [0.05, 0.1) is 0 Å². The van der Waals surface area contributed by atoms with E-state index in [1.54, 1.807) is 0 Å². The SMILES string of the molecule is c1ccc(-c2c3ccccc3c(-c3ccc4c(c3)[se]c3c(-c5c6ccccc6c(-c6ccc7ccccc7c6)c6ccccc56)cccc34)c3ccccc23)cc1. The van der Waals surface area contributed by atoms with E-state index in [1.807, 2.05) is 0 Å². The molecule has 12 rings (SSSR count). The standard InChI is InChI=1S/C56H34Se/c1-2-16-36(17-3-1)52-41-19-6-8-21-43(41)54(44-22-9-7-20-42(44)52)39-31-32-40-49-27-14-28-50(56(49)57-51(40)34-39)55-47-25-12-10-23-45(47)53(46-24-11-13-26-48(46)55)38-30-29-35-15-4-5-18-37(35)33-38/h1-34H. The average Bonchev–Trinajstić information content (AvgIpc) is 3.66. The molecule has 1 heteroatoms. The van der Waals surface area contributed by atoms with Crippen molar-refractivity contribution < 1.29 is 0 Å². The van der Waals surface area contributed by atoms with Crippen molar-refractivity contribution in [2.75, 3.05) is 0 Å². The van der Waals surface area contributed by atoms with E-state index in [1.165, 1.54) is 118 Å². The first-order valence-electron chi connectivity index (χ1n) is 19.7. The molecule has 0 saturated carbocycles. The van der Waals surface area contributed by atoms with Crippen LogP contribution in [0.2, 0.25) is 0 Å². The summed E-state index contributed by atoms with van der Waals surface area (Å²) < 4.78 is 2.92. The van der Waals surface area contributed by atoms with Gasteiger partial charge < -0.3 is 0 Å². The van der Waals surface area contributed by atoms with E-state index in [-0.39, 0.29) is 14.5 Å². The first kappa shape index (κ1) is 32.5. The van der Waals surface area contributed by atoms with Gasteiger partial charge in [-0.2, -0.15) is 0 Å². The van der Waals surface area contributed by atoms with Gasteiger partial charge in [0.2, 0.25) is 0 Å². The summed E-state index contributed by atoms with van der Waals surface area (Å²) in [6.07, 6.45) is 0. The monoisotopic (exact) mass is 786 g/mol. The Morgan fingerprint density at radius 1 is 0.246 bits per heavy atom. The van der Waals surface area contributed by atoms with E-state index < -0.39 is 0 Å². The molecule has 0 N–H and O–H groups in total. The van der Waals surface area contributed by atoms with Gasteiger partial charge in [-0.3, -0.25) is 0 Å². The second-order valence-corrected chi connectivity index (χ2v) is 17.3. The molecule has 57 heavy (non-hydrogen) atoms. The molecule has 12 aromatic rings. The molecule has 0 atom stereocenters. The Balaban J connectivity index is 1.10. The van der Waals surface area contributed by atoms with Crippen LogP contribution in [0.15, 0.2) is 206 Å². The Morgan fingerprint density at radius 2 is 0.684 bits per heavy atom. The first-order valence-corrected chi connectivity index (χ1v) is 21.4. The molecule has 0 saturated heterocycles. The molecule has 0 unspecified atom stereocenters. The van der Waals surface area contributed by atoms with Crippen molar-refractivity contribution in [3.63, 3.8) is 0 Å². The molecule has 264 valence electrons. The Morgan fingerprint density at radius 3 is 1.26 bits per heavy atom. The van der Waals surface area contributed by atoms with Crippen molar-refractivity contribution in [1.29, 1.82) is 0 Å². The summed E-state index contributed by atoms with van der Waals surface area (Å²) in [5.74, 6) is 0. The second-order valence-electron chi connectivity index (χ2n) is 15.1. The summed E-state index contributed by atoms with van der Waals surface area (Å²) in [7, 11) is 0. The molecular formula is C56H34Se. The summed E-state index contributed by atoms with van der Waals surface area (Å²) in [5.41, 5.74) is 10.4. The number of fused-ring (bicyclic) bond motifs is 8. The topological polar surface area (TPSA) is 0 Å². The predicted molar refractivity (Wildman–Crippen MR) is 248 cm³/mol. The van der Waals surface area contributed by atoms with E-state index in [9.17, 15) is 0 Å². The normalized spacial score (nSPS) is 11.9. The Hall–Kier alpha value is -6.76. The van der Waals surface area contributed by atoms with Crippen LogP contribution in [0.5, 0.6) is 0 Å². The minimum atomic E-state index is 0.117. The van der Waals surface area contributed by atoms with Crippen LogP contribution in [0.4, 0.5) is 0 Å². The maximum atomic E-state index is 2.51. The Labute approximate surface area is 336 Å². The first-order chi connectivity index (χ1) is 28.3. The molecule has 0 radical (unpaired) electrons. The molecular weight excluding hydrogens is 752 g/mol. The van der Waals surface area contributed by atoms with Gasteiger partial charge in [0.1, 0.15) is 0 Å². The zero-order chi connectivity index (χ0) is 37.5. The molecule has 1 heterocycles. The van der Waals surface area contributed by atoms with Crippen LogP contribution in [0, 0.1) is 0 Å².